The Morgan fingerprint density at radius 1 is 1.14 bits per heavy atom. The van der Waals surface area contributed by atoms with Gasteiger partial charge >= 0.3 is 5.97 Å². The number of esters is 1. The van der Waals surface area contributed by atoms with Gasteiger partial charge in [0.25, 0.3) is 5.56 Å². The highest BCUT2D eigenvalue weighted by Crippen LogP contribution is 2.35. The van der Waals surface area contributed by atoms with Gasteiger partial charge in [0.1, 0.15) is 17.6 Å². The van der Waals surface area contributed by atoms with Crippen molar-refractivity contribution in [3.05, 3.63) is 112 Å². The van der Waals surface area contributed by atoms with Gasteiger partial charge in [-0.3, -0.25) is 9.36 Å². The molecule has 4 aromatic rings. The predicted octanol–water partition coefficient (Wildman–Crippen LogP) is 6.02. The Bertz CT molecular complexity index is 1750. The molecule has 0 unspecified atom stereocenters. The molecule has 5 rings (SSSR count). The molecular formula is C27H19Cl3N2O4S. The van der Waals surface area contributed by atoms with E-state index in [0.717, 1.165) is 0 Å². The summed E-state index contributed by atoms with van der Waals surface area (Å²) in [6, 6.07) is 15.0. The second kappa shape index (κ2) is 10.3. The van der Waals surface area contributed by atoms with Gasteiger partial charge in [-0.1, -0.05) is 64.3 Å². The van der Waals surface area contributed by atoms with Crippen LogP contribution in [-0.4, -0.2) is 17.1 Å². The summed E-state index contributed by atoms with van der Waals surface area (Å²) in [5.41, 5.74) is 1.69. The number of benzene rings is 2. The standard InChI is InChI=1S/C27H19Cl3N2O4S/c1-3-35-26(34)23-14(2)31-27-32(24(23)18-6-4-5-7-19(18)29)25(33)22(37-27)13-16-9-11-21(36-16)17-10-8-15(28)12-20(17)30/h4-13,24H,3H2,1-2H3/b22-13-/t24-/m0/s1. The van der Waals surface area contributed by atoms with Crippen molar-refractivity contribution in [3.63, 3.8) is 0 Å². The zero-order chi connectivity index (χ0) is 26.3. The van der Waals surface area contributed by atoms with Gasteiger partial charge in [0.05, 0.1) is 27.4 Å². The molecule has 0 aliphatic carbocycles. The first-order valence-corrected chi connectivity index (χ1v) is 13.2. The van der Waals surface area contributed by atoms with E-state index in [0.29, 0.717) is 52.7 Å². The average Bonchev–Trinajstić information content (AvgIpc) is 3.43. The molecule has 6 nitrogen and oxygen atoms in total. The molecule has 0 amide bonds. The van der Waals surface area contributed by atoms with Gasteiger partial charge in [-0.25, -0.2) is 9.79 Å². The summed E-state index contributed by atoms with van der Waals surface area (Å²) in [6.45, 7) is 3.64. The van der Waals surface area contributed by atoms with Crippen LogP contribution in [0.5, 0.6) is 0 Å². The summed E-state index contributed by atoms with van der Waals surface area (Å²) < 4.78 is 13.1. The van der Waals surface area contributed by atoms with Crippen molar-refractivity contribution in [2.45, 2.75) is 19.9 Å². The summed E-state index contributed by atoms with van der Waals surface area (Å²) in [4.78, 5) is 31.7. The number of allylic oxidation sites excluding steroid dienone is 1. The number of hydrogen-bond donors (Lipinski definition) is 0. The molecule has 0 saturated carbocycles. The topological polar surface area (TPSA) is 73.8 Å². The van der Waals surface area contributed by atoms with Crippen LogP contribution in [0.1, 0.15) is 31.2 Å². The average molecular weight is 574 g/mol. The Balaban J connectivity index is 1.65. The van der Waals surface area contributed by atoms with E-state index in [2.05, 4.69) is 4.99 Å². The number of fused-ring (bicyclic) bond motifs is 1. The van der Waals surface area contributed by atoms with Gasteiger partial charge in [0.15, 0.2) is 4.80 Å². The fraction of sp³-hybridized carbons (Fsp3) is 0.148. The quantitative estimate of drug-likeness (QED) is 0.274. The lowest BCUT2D eigenvalue weighted by molar-refractivity contribution is -0.139. The molecular weight excluding hydrogens is 555 g/mol. The molecule has 0 saturated heterocycles. The minimum atomic E-state index is -0.786. The van der Waals surface area contributed by atoms with Crippen molar-refractivity contribution >= 4 is 58.2 Å². The number of carbonyl (C=O) groups excluding carboxylic acids is 1. The minimum absolute atomic E-state index is 0.188. The highest BCUT2D eigenvalue weighted by atomic mass is 35.5. The third-order valence-corrected chi connectivity index (χ3v) is 7.69. The number of furan rings is 1. The lowest BCUT2D eigenvalue weighted by Gasteiger charge is -2.25. The van der Waals surface area contributed by atoms with E-state index in [1.54, 1.807) is 74.5 Å². The maximum absolute atomic E-state index is 13.7. The number of aromatic nitrogens is 1. The van der Waals surface area contributed by atoms with Gasteiger partial charge in [0, 0.05) is 21.7 Å². The summed E-state index contributed by atoms with van der Waals surface area (Å²) in [7, 11) is 0. The van der Waals surface area contributed by atoms with Crippen LogP contribution in [0.3, 0.4) is 0 Å². The molecule has 0 radical (unpaired) electrons. The largest absolute Gasteiger partial charge is 0.463 e. The van der Waals surface area contributed by atoms with E-state index < -0.39 is 12.0 Å². The maximum atomic E-state index is 13.7. The zero-order valence-corrected chi connectivity index (χ0v) is 22.7. The Kier molecular flexibility index (Phi) is 7.14. The Morgan fingerprint density at radius 3 is 2.65 bits per heavy atom. The molecule has 188 valence electrons. The van der Waals surface area contributed by atoms with Gasteiger partial charge in [-0.2, -0.15) is 0 Å². The van der Waals surface area contributed by atoms with Crippen molar-refractivity contribution in [1.82, 2.24) is 4.57 Å². The first kappa shape index (κ1) is 25.5. The Labute approximate surface area is 230 Å². The number of carbonyl (C=O) groups is 1. The number of nitrogens with zero attached hydrogens (tertiary/aromatic N) is 2. The second-order valence-corrected chi connectivity index (χ2v) is 10.4. The molecule has 1 aliphatic rings. The molecule has 0 N–H and O–H groups in total. The monoisotopic (exact) mass is 572 g/mol. The number of rotatable bonds is 5. The molecule has 2 aromatic carbocycles. The molecule has 37 heavy (non-hydrogen) atoms. The fourth-order valence-electron chi connectivity index (χ4n) is 4.18. The van der Waals surface area contributed by atoms with Crippen LogP contribution in [0.4, 0.5) is 0 Å². The molecule has 3 heterocycles. The van der Waals surface area contributed by atoms with E-state index in [4.69, 9.17) is 44.0 Å². The SMILES string of the molecule is CCOC(=O)C1=C(C)N=c2s/c(=C\c3ccc(-c4ccc(Cl)cc4Cl)o3)c(=O)n2[C@H]1c1ccccc1Cl. The molecule has 0 fully saturated rings. The maximum Gasteiger partial charge on any atom is 0.338 e. The summed E-state index contributed by atoms with van der Waals surface area (Å²) >= 11 is 20.0. The van der Waals surface area contributed by atoms with Gasteiger partial charge in [-0.15, -0.1) is 0 Å². The van der Waals surface area contributed by atoms with Crippen LogP contribution in [-0.2, 0) is 9.53 Å². The minimum Gasteiger partial charge on any atom is -0.463 e. The highest BCUT2D eigenvalue weighted by molar-refractivity contribution is 7.07. The zero-order valence-electron chi connectivity index (χ0n) is 19.6. The van der Waals surface area contributed by atoms with Gasteiger partial charge in [0.2, 0.25) is 0 Å². The van der Waals surface area contributed by atoms with E-state index in [-0.39, 0.29) is 17.7 Å². The lowest BCUT2D eigenvalue weighted by Crippen LogP contribution is -2.40. The van der Waals surface area contributed by atoms with E-state index >= 15 is 0 Å². The molecule has 0 bridgehead atoms. The molecule has 2 aromatic heterocycles. The van der Waals surface area contributed by atoms with Crippen LogP contribution in [0.15, 0.2) is 80.1 Å². The smallest absolute Gasteiger partial charge is 0.338 e. The fourth-order valence-corrected chi connectivity index (χ4v) is 5.94. The summed E-state index contributed by atoms with van der Waals surface area (Å²) in [6.07, 6.45) is 1.64. The van der Waals surface area contributed by atoms with Crippen LogP contribution < -0.4 is 14.9 Å². The Hall–Kier alpha value is -3.10. The Morgan fingerprint density at radius 2 is 1.92 bits per heavy atom. The normalized spacial score (nSPS) is 15.5. The van der Waals surface area contributed by atoms with Crippen LogP contribution >= 0.6 is 46.1 Å². The van der Waals surface area contributed by atoms with Gasteiger partial charge < -0.3 is 9.15 Å². The second-order valence-electron chi connectivity index (χ2n) is 8.15. The summed E-state index contributed by atoms with van der Waals surface area (Å²) in [5, 5.41) is 1.40. The van der Waals surface area contributed by atoms with E-state index in [9.17, 15) is 9.59 Å². The van der Waals surface area contributed by atoms with Crippen LogP contribution in [0.2, 0.25) is 15.1 Å². The number of hydrogen-bond acceptors (Lipinski definition) is 6. The molecule has 10 heteroatoms. The first-order chi connectivity index (χ1) is 17.8. The predicted molar refractivity (Wildman–Crippen MR) is 146 cm³/mol. The van der Waals surface area contributed by atoms with E-state index in [1.807, 2.05) is 0 Å². The highest BCUT2D eigenvalue weighted by Gasteiger charge is 2.34. The van der Waals surface area contributed by atoms with Gasteiger partial charge in [-0.05, 0) is 55.8 Å². The van der Waals surface area contributed by atoms with Crippen LogP contribution in [0, 0.1) is 0 Å². The van der Waals surface area contributed by atoms with Crippen molar-refractivity contribution < 1.29 is 13.9 Å². The first-order valence-electron chi connectivity index (χ1n) is 11.3. The summed E-state index contributed by atoms with van der Waals surface area (Å²) in [5.74, 6) is 0.454. The molecule has 1 atom stereocenters. The molecule has 0 spiro atoms. The van der Waals surface area contributed by atoms with Crippen molar-refractivity contribution in [3.8, 4) is 11.3 Å². The van der Waals surface area contributed by atoms with Crippen LogP contribution in [0.25, 0.3) is 17.4 Å². The molecule has 1 aliphatic heterocycles. The lowest BCUT2D eigenvalue weighted by atomic mass is 9.96. The van der Waals surface area contributed by atoms with Crippen molar-refractivity contribution in [2.75, 3.05) is 6.61 Å². The number of halogens is 3. The number of ether oxygens (including phenoxy) is 1. The van der Waals surface area contributed by atoms with E-state index in [1.165, 1.54) is 15.9 Å². The number of thiazole rings is 1. The van der Waals surface area contributed by atoms with Crippen molar-refractivity contribution in [2.24, 2.45) is 4.99 Å². The third-order valence-electron chi connectivity index (χ3n) is 5.81. The third kappa shape index (κ3) is 4.80. The van der Waals surface area contributed by atoms with Crippen molar-refractivity contribution in [1.29, 1.82) is 0 Å².